The Bertz CT molecular complexity index is 525. The first-order valence-corrected chi connectivity index (χ1v) is 5.33. The number of nitro benzene ring substituents is 1. The van der Waals surface area contributed by atoms with Crippen molar-refractivity contribution < 1.29 is 19.2 Å². The topological polar surface area (TPSA) is 105 Å². The van der Waals surface area contributed by atoms with E-state index in [9.17, 15) is 14.9 Å². The Morgan fingerprint density at radius 2 is 2.16 bits per heavy atom. The number of carbonyl (C=O) groups is 1. The summed E-state index contributed by atoms with van der Waals surface area (Å²) >= 11 is 0. The predicted octanol–water partition coefficient (Wildman–Crippen LogP) is 1.16. The fourth-order valence-corrected chi connectivity index (χ4v) is 1.49. The summed E-state index contributed by atoms with van der Waals surface area (Å²) in [6, 6.07) is 4.33. The van der Waals surface area contributed by atoms with Crippen molar-refractivity contribution in [3.8, 4) is 5.75 Å². The van der Waals surface area contributed by atoms with Gasteiger partial charge in [0.15, 0.2) is 0 Å². The van der Waals surface area contributed by atoms with Gasteiger partial charge in [-0.05, 0) is 12.1 Å². The lowest BCUT2D eigenvalue weighted by molar-refractivity contribution is -0.385. The smallest absolute Gasteiger partial charge is 0.332 e. The molecule has 0 spiro atoms. The van der Waals surface area contributed by atoms with E-state index in [0.29, 0.717) is 11.3 Å². The first-order valence-electron chi connectivity index (χ1n) is 5.33. The van der Waals surface area contributed by atoms with E-state index in [4.69, 9.17) is 10.5 Å². The molecule has 0 aliphatic carbocycles. The molecular formula is C12H14N2O5. The lowest BCUT2D eigenvalue weighted by Crippen LogP contribution is -2.08. The minimum absolute atomic E-state index is 0.0581. The minimum Gasteiger partial charge on any atom is -0.497 e. The van der Waals surface area contributed by atoms with Crippen molar-refractivity contribution in [2.24, 2.45) is 5.73 Å². The van der Waals surface area contributed by atoms with Crippen LogP contribution in [0.3, 0.4) is 0 Å². The average molecular weight is 266 g/mol. The predicted molar refractivity (Wildman–Crippen MR) is 67.6 cm³/mol. The van der Waals surface area contributed by atoms with Gasteiger partial charge in [-0.15, -0.1) is 0 Å². The fourth-order valence-electron chi connectivity index (χ4n) is 1.49. The molecule has 19 heavy (non-hydrogen) atoms. The van der Waals surface area contributed by atoms with Crippen molar-refractivity contribution in [3.63, 3.8) is 0 Å². The number of hydrogen-bond acceptors (Lipinski definition) is 6. The Hall–Kier alpha value is -2.57. The molecule has 1 aromatic rings. The van der Waals surface area contributed by atoms with E-state index in [1.165, 1.54) is 32.4 Å². The van der Waals surface area contributed by atoms with Gasteiger partial charge in [-0.3, -0.25) is 10.1 Å². The molecule has 0 atom stereocenters. The maximum atomic E-state index is 11.0. The maximum absolute atomic E-state index is 11.0. The highest BCUT2D eigenvalue weighted by Crippen LogP contribution is 2.25. The number of allylic oxidation sites excluding steroid dienone is 1. The van der Waals surface area contributed by atoms with Crippen LogP contribution in [0.2, 0.25) is 0 Å². The quantitative estimate of drug-likeness (QED) is 0.371. The molecular weight excluding hydrogens is 252 g/mol. The summed E-state index contributed by atoms with van der Waals surface area (Å²) in [5, 5.41) is 10.9. The van der Waals surface area contributed by atoms with Gasteiger partial charge in [-0.2, -0.15) is 0 Å². The summed E-state index contributed by atoms with van der Waals surface area (Å²) in [6.45, 7) is 0. The molecule has 1 rings (SSSR count). The van der Waals surface area contributed by atoms with Crippen LogP contribution in [-0.2, 0) is 16.0 Å². The Morgan fingerprint density at radius 1 is 1.47 bits per heavy atom. The summed E-state index contributed by atoms with van der Waals surface area (Å²) in [4.78, 5) is 21.4. The second-order valence-corrected chi connectivity index (χ2v) is 3.67. The molecule has 0 aromatic heterocycles. The number of ether oxygens (including phenoxy) is 2. The zero-order chi connectivity index (χ0) is 14.4. The third-order valence-electron chi connectivity index (χ3n) is 2.38. The molecule has 0 bridgehead atoms. The number of nitrogens with two attached hydrogens (primary N) is 1. The summed E-state index contributed by atoms with van der Waals surface area (Å²) in [6.07, 6.45) is 1.14. The van der Waals surface area contributed by atoms with Crippen molar-refractivity contribution in [1.29, 1.82) is 0 Å². The van der Waals surface area contributed by atoms with Crippen molar-refractivity contribution >= 4 is 11.7 Å². The van der Waals surface area contributed by atoms with E-state index >= 15 is 0 Å². The molecule has 0 fully saturated rings. The third-order valence-corrected chi connectivity index (χ3v) is 2.38. The summed E-state index contributed by atoms with van der Waals surface area (Å²) in [7, 11) is 2.68. The number of benzene rings is 1. The van der Waals surface area contributed by atoms with Gasteiger partial charge in [0.05, 0.1) is 19.1 Å². The number of methoxy groups -OCH3 is 2. The van der Waals surface area contributed by atoms with Crippen LogP contribution in [0.25, 0.3) is 0 Å². The second-order valence-electron chi connectivity index (χ2n) is 3.67. The monoisotopic (exact) mass is 266 g/mol. The number of nitro groups is 1. The van der Waals surface area contributed by atoms with Crippen LogP contribution in [-0.4, -0.2) is 25.1 Å². The van der Waals surface area contributed by atoms with Gasteiger partial charge in [-0.25, -0.2) is 4.79 Å². The first kappa shape index (κ1) is 14.5. The molecule has 0 radical (unpaired) electrons. The van der Waals surface area contributed by atoms with Gasteiger partial charge < -0.3 is 15.2 Å². The Kier molecular flexibility index (Phi) is 4.87. The van der Waals surface area contributed by atoms with Crippen LogP contribution in [0.1, 0.15) is 5.56 Å². The molecule has 0 heterocycles. The molecule has 0 aliphatic heterocycles. The maximum Gasteiger partial charge on any atom is 0.332 e. The third kappa shape index (κ3) is 3.98. The van der Waals surface area contributed by atoms with E-state index in [0.717, 1.165) is 6.08 Å². The van der Waals surface area contributed by atoms with E-state index in [1.54, 1.807) is 0 Å². The standard InChI is InChI=1S/C12H14N2O5/c1-18-10-3-4-11(14(16)17)8(6-10)5-9(13)7-12(15)19-2/h3-4,6-7H,5,13H2,1-2H3. The van der Waals surface area contributed by atoms with Crippen LogP contribution in [0.4, 0.5) is 5.69 Å². The zero-order valence-corrected chi connectivity index (χ0v) is 10.6. The van der Waals surface area contributed by atoms with Crippen LogP contribution in [0.15, 0.2) is 30.0 Å². The van der Waals surface area contributed by atoms with E-state index in [2.05, 4.69) is 4.74 Å². The minimum atomic E-state index is -0.608. The van der Waals surface area contributed by atoms with Crippen molar-refractivity contribution in [1.82, 2.24) is 0 Å². The lowest BCUT2D eigenvalue weighted by Gasteiger charge is -2.06. The van der Waals surface area contributed by atoms with Gasteiger partial charge in [0.1, 0.15) is 5.75 Å². The normalized spacial score (nSPS) is 10.9. The first-order chi connectivity index (χ1) is 8.97. The highest BCUT2D eigenvalue weighted by molar-refractivity contribution is 5.82. The van der Waals surface area contributed by atoms with Crippen LogP contribution < -0.4 is 10.5 Å². The molecule has 0 aliphatic rings. The van der Waals surface area contributed by atoms with Crippen LogP contribution in [0, 0.1) is 10.1 Å². The summed E-state index contributed by atoms with van der Waals surface area (Å²) in [5.74, 6) is -0.130. The second kappa shape index (κ2) is 6.39. The van der Waals surface area contributed by atoms with Crippen molar-refractivity contribution in [3.05, 3.63) is 45.6 Å². The molecule has 0 unspecified atom stereocenters. The van der Waals surface area contributed by atoms with Gasteiger partial charge in [0.2, 0.25) is 0 Å². The number of carbonyl (C=O) groups excluding carboxylic acids is 1. The SMILES string of the molecule is COC(=O)C=C(N)Cc1cc(OC)ccc1[N+](=O)[O-]. The van der Waals surface area contributed by atoms with Gasteiger partial charge >= 0.3 is 5.97 Å². The van der Waals surface area contributed by atoms with Crippen molar-refractivity contribution in [2.75, 3.05) is 14.2 Å². The largest absolute Gasteiger partial charge is 0.497 e. The summed E-state index contributed by atoms with van der Waals surface area (Å²) in [5.41, 5.74) is 6.09. The Labute approximate surface area is 109 Å². The van der Waals surface area contributed by atoms with Crippen molar-refractivity contribution in [2.45, 2.75) is 6.42 Å². The van der Waals surface area contributed by atoms with Gasteiger partial charge in [0.25, 0.3) is 5.69 Å². The van der Waals surface area contributed by atoms with E-state index in [-0.39, 0.29) is 17.8 Å². The number of nitrogens with zero attached hydrogens (tertiary/aromatic N) is 1. The lowest BCUT2D eigenvalue weighted by atomic mass is 10.1. The molecule has 2 N–H and O–H groups in total. The molecule has 1 aromatic carbocycles. The molecule has 0 saturated heterocycles. The molecule has 102 valence electrons. The fraction of sp³-hybridized carbons (Fsp3) is 0.250. The van der Waals surface area contributed by atoms with E-state index < -0.39 is 10.9 Å². The van der Waals surface area contributed by atoms with E-state index in [1.807, 2.05) is 0 Å². The average Bonchev–Trinajstić information content (AvgIpc) is 2.37. The number of hydrogen-bond donors (Lipinski definition) is 1. The highest BCUT2D eigenvalue weighted by atomic mass is 16.6. The zero-order valence-electron chi connectivity index (χ0n) is 10.6. The molecule has 0 amide bonds. The van der Waals surface area contributed by atoms with Crippen LogP contribution in [0.5, 0.6) is 5.75 Å². The summed E-state index contributed by atoms with van der Waals surface area (Å²) < 4.78 is 9.43. The van der Waals surface area contributed by atoms with Gasteiger partial charge in [-0.1, -0.05) is 0 Å². The Balaban J connectivity index is 3.07. The number of rotatable bonds is 5. The highest BCUT2D eigenvalue weighted by Gasteiger charge is 2.15. The molecule has 7 heteroatoms. The molecule has 0 saturated carbocycles. The molecule has 7 nitrogen and oxygen atoms in total. The van der Waals surface area contributed by atoms with Crippen LogP contribution >= 0.6 is 0 Å². The number of esters is 1. The Morgan fingerprint density at radius 3 is 2.68 bits per heavy atom. The van der Waals surface area contributed by atoms with Gasteiger partial charge in [0, 0.05) is 29.8 Å².